The molecule has 2 aliphatic rings. The van der Waals surface area contributed by atoms with Gasteiger partial charge in [0.25, 0.3) is 5.78 Å². The van der Waals surface area contributed by atoms with Crippen LogP contribution in [0.2, 0.25) is 0 Å². The fourth-order valence-electron chi connectivity index (χ4n) is 4.73. The van der Waals surface area contributed by atoms with E-state index in [1.807, 2.05) is 38.1 Å². The van der Waals surface area contributed by atoms with Gasteiger partial charge in [-0.3, -0.25) is 19.5 Å². The summed E-state index contributed by atoms with van der Waals surface area (Å²) in [5.41, 5.74) is 3.87. The fraction of sp³-hybridized carbons (Fsp3) is 0.185. The molecule has 2 aromatic heterocycles. The van der Waals surface area contributed by atoms with Gasteiger partial charge in [0.15, 0.2) is 5.13 Å². The molecular formula is C27H21N3O4S. The van der Waals surface area contributed by atoms with Crippen molar-refractivity contribution in [3.8, 4) is 5.75 Å². The zero-order valence-corrected chi connectivity index (χ0v) is 19.9. The van der Waals surface area contributed by atoms with Gasteiger partial charge in [-0.25, -0.2) is 4.98 Å². The number of rotatable bonds is 3. The van der Waals surface area contributed by atoms with Crippen molar-refractivity contribution >= 4 is 44.1 Å². The number of pyridine rings is 1. The molecule has 1 fully saturated rings. The van der Waals surface area contributed by atoms with Crippen molar-refractivity contribution in [1.82, 2.24) is 9.97 Å². The van der Waals surface area contributed by atoms with E-state index in [0.29, 0.717) is 22.7 Å². The van der Waals surface area contributed by atoms with Crippen molar-refractivity contribution in [3.05, 3.63) is 88.8 Å². The normalized spacial score (nSPS) is 20.9. The molecule has 0 saturated carbocycles. The van der Waals surface area contributed by atoms with Crippen LogP contribution >= 0.6 is 11.3 Å². The van der Waals surface area contributed by atoms with Gasteiger partial charge in [0.1, 0.15) is 17.6 Å². The van der Waals surface area contributed by atoms with Crippen LogP contribution in [0.4, 0.5) is 5.13 Å². The summed E-state index contributed by atoms with van der Waals surface area (Å²) in [5.74, 6) is -0.937. The molecule has 35 heavy (non-hydrogen) atoms. The minimum Gasteiger partial charge on any atom is -0.507 e. The average molecular weight is 484 g/mol. The topological polar surface area (TPSA) is 92.6 Å². The first kappa shape index (κ1) is 21.5. The van der Waals surface area contributed by atoms with Gasteiger partial charge in [-0.05, 0) is 66.9 Å². The van der Waals surface area contributed by atoms with Gasteiger partial charge in [0.2, 0.25) is 0 Å². The highest BCUT2D eigenvalue weighted by Crippen LogP contribution is 2.44. The van der Waals surface area contributed by atoms with Crippen molar-refractivity contribution in [1.29, 1.82) is 0 Å². The molecule has 174 valence electrons. The Labute approximate surface area is 205 Å². The highest BCUT2D eigenvalue weighted by Gasteiger charge is 2.48. The standard InChI is InChI=1S/C27H21N3O4S/c1-14-5-7-19-21(10-14)35-27(29-19)30-23(17-4-3-9-28-13-17)22(25(32)26(30)33)24(31)16-6-8-20-18(12-16)11-15(2)34-20/h3-10,12-13,15,23,31H,11H2,1-2H3/t15-,23+/m1/s1. The summed E-state index contributed by atoms with van der Waals surface area (Å²) >= 11 is 1.34. The van der Waals surface area contributed by atoms with Crippen LogP contribution in [0.1, 0.15) is 35.2 Å². The quantitative estimate of drug-likeness (QED) is 0.252. The predicted octanol–water partition coefficient (Wildman–Crippen LogP) is 4.95. The summed E-state index contributed by atoms with van der Waals surface area (Å²) in [7, 11) is 0. The van der Waals surface area contributed by atoms with E-state index in [1.165, 1.54) is 16.2 Å². The summed E-state index contributed by atoms with van der Waals surface area (Å²) < 4.78 is 6.68. The Hall–Kier alpha value is -4.04. The number of amides is 1. The molecule has 4 heterocycles. The van der Waals surface area contributed by atoms with Crippen molar-refractivity contribution in [2.45, 2.75) is 32.4 Å². The number of ether oxygens (including phenoxy) is 1. The van der Waals surface area contributed by atoms with Crippen molar-refractivity contribution < 1.29 is 19.4 Å². The Morgan fingerprint density at radius 2 is 2.03 bits per heavy atom. The number of aliphatic hydroxyl groups excluding tert-OH is 1. The maximum atomic E-state index is 13.4. The Morgan fingerprint density at radius 1 is 1.17 bits per heavy atom. The van der Waals surface area contributed by atoms with Crippen LogP contribution in [0, 0.1) is 6.92 Å². The number of hydrogen-bond acceptors (Lipinski definition) is 7. The van der Waals surface area contributed by atoms with Crippen molar-refractivity contribution in [3.63, 3.8) is 0 Å². The molecule has 1 saturated heterocycles. The van der Waals surface area contributed by atoms with E-state index in [0.717, 1.165) is 27.1 Å². The van der Waals surface area contributed by atoms with Crippen molar-refractivity contribution in [2.75, 3.05) is 4.90 Å². The molecule has 0 radical (unpaired) electrons. The average Bonchev–Trinajstić information content (AvgIpc) is 3.51. The first-order valence-electron chi connectivity index (χ1n) is 11.3. The zero-order valence-electron chi connectivity index (χ0n) is 19.1. The molecule has 1 N–H and O–H groups in total. The molecular weight excluding hydrogens is 462 g/mol. The molecule has 0 bridgehead atoms. The van der Waals surface area contributed by atoms with E-state index in [1.54, 1.807) is 36.7 Å². The third-order valence-corrected chi connectivity index (χ3v) is 7.37. The van der Waals surface area contributed by atoms with Gasteiger partial charge < -0.3 is 9.84 Å². The number of aryl methyl sites for hydroxylation is 1. The molecule has 0 spiro atoms. The smallest absolute Gasteiger partial charge is 0.301 e. The lowest BCUT2D eigenvalue weighted by Crippen LogP contribution is -2.29. The molecule has 0 unspecified atom stereocenters. The number of aliphatic hydroxyl groups is 1. The van der Waals surface area contributed by atoms with Gasteiger partial charge >= 0.3 is 5.91 Å². The number of hydrogen-bond donors (Lipinski definition) is 1. The van der Waals surface area contributed by atoms with Gasteiger partial charge in [-0.15, -0.1) is 0 Å². The fourth-order valence-corrected chi connectivity index (χ4v) is 5.82. The lowest BCUT2D eigenvalue weighted by molar-refractivity contribution is -0.132. The Kier molecular flexibility index (Phi) is 4.93. The molecule has 2 aromatic carbocycles. The number of aromatic nitrogens is 2. The van der Waals surface area contributed by atoms with Gasteiger partial charge in [-0.1, -0.05) is 23.5 Å². The molecule has 0 aliphatic carbocycles. The molecule has 6 rings (SSSR count). The predicted molar refractivity (Wildman–Crippen MR) is 134 cm³/mol. The number of thiazole rings is 1. The minimum absolute atomic E-state index is 0.0188. The van der Waals surface area contributed by atoms with E-state index in [-0.39, 0.29) is 17.4 Å². The van der Waals surface area contributed by atoms with Crippen LogP contribution in [0.3, 0.4) is 0 Å². The minimum atomic E-state index is -0.853. The number of carbonyl (C=O) groups excluding carboxylic acids is 2. The maximum absolute atomic E-state index is 13.4. The lowest BCUT2D eigenvalue weighted by Gasteiger charge is -2.22. The number of fused-ring (bicyclic) bond motifs is 2. The van der Waals surface area contributed by atoms with E-state index in [4.69, 9.17) is 4.74 Å². The molecule has 8 heteroatoms. The summed E-state index contributed by atoms with van der Waals surface area (Å²) in [6.07, 6.45) is 3.98. The molecule has 2 atom stereocenters. The molecule has 7 nitrogen and oxygen atoms in total. The highest BCUT2D eigenvalue weighted by atomic mass is 32.1. The van der Waals surface area contributed by atoms with E-state index in [2.05, 4.69) is 9.97 Å². The second kappa shape index (κ2) is 8.02. The van der Waals surface area contributed by atoms with Crippen LogP contribution in [0.5, 0.6) is 5.75 Å². The van der Waals surface area contributed by atoms with Crippen molar-refractivity contribution in [2.24, 2.45) is 0 Å². The molecule has 1 amide bonds. The monoisotopic (exact) mass is 483 g/mol. The Morgan fingerprint density at radius 3 is 2.83 bits per heavy atom. The lowest BCUT2D eigenvalue weighted by atomic mass is 9.95. The van der Waals surface area contributed by atoms with Crippen LogP contribution in [-0.2, 0) is 16.0 Å². The maximum Gasteiger partial charge on any atom is 0.301 e. The van der Waals surface area contributed by atoms with Gasteiger partial charge in [-0.2, -0.15) is 0 Å². The zero-order chi connectivity index (χ0) is 24.3. The second-order valence-corrected chi connectivity index (χ2v) is 9.89. The third-order valence-electron chi connectivity index (χ3n) is 6.35. The Bertz CT molecular complexity index is 1540. The van der Waals surface area contributed by atoms with Crippen LogP contribution in [-0.4, -0.2) is 32.9 Å². The summed E-state index contributed by atoms with van der Waals surface area (Å²) in [4.78, 5) is 37.0. The van der Waals surface area contributed by atoms with Crippen LogP contribution < -0.4 is 9.64 Å². The third kappa shape index (κ3) is 3.49. The van der Waals surface area contributed by atoms with Crippen LogP contribution in [0.15, 0.2) is 66.5 Å². The number of benzene rings is 2. The first-order chi connectivity index (χ1) is 16.9. The largest absolute Gasteiger partial charge is 0.507 e. The summed E-state index contributed by atoms with van der Waals surface area (Å²) in [6.45, 7) is 3.97. The molecule has 2 aliphatic heterocycles. The number of anilines is 1. The van der Waals surface area contributed by atoms with E-state index < -0.39 is 17.7 Å². The first-order valence-corrected chi connectivity index (χ1v) is 12.1. The summed E-state index contributed by atoms with van der Waals surface area (Å²) in [6, 6.07) is 13.9. The van der Waals surface area contributed by atoms with E-state index in [9.17, 15) is 14.7 Å². The highest BCUT2D eigenvalue weighted by molar-refractivity contribution is 7.22. The number of carbonyl (C=O) groups is 2. The number of nitrogens with zero attached hydrogens (tertiary/aromatic N) is 3. The van der Waals surface area contributed by atoms with Gasteiger partial charge in [0.05, 0.1) is 21.8 Å². The number of Topliss-reactive ketones (excluding diaryl/α,β-unsaturated/α-hetero) is 1. The SMILES string of the molecule is Cc1ccc2nc(N3C(=O)C(=O)C(=C(O)c4ccc5c(c4)C[C@@H](C)O5)[C@@H]3c3cccnc3)sc2c1. The van der Waals surface area contributed by atoms with Gasteiger partial charge in [0, 0.05) is 24.4 Å². The molecule has 4 aromatic rings. The van der Waals surface area contributed by atoms with Crippen LogP contribution in [0.25, 0.3) is 16.0 Å². The second-order valence-electron chi connectivity index (χ2n) is 8.88. The van der Waals surface area contributed by atoms with E-state index >= 15 is 0 Å². The Balaban J connectivity index is 1.53. The summed E-state index contributed by atoms with van der Waals surface area (Å²) in [5, 5.41) is 11.8. The number of ketones is 1.